The van der Waals surface area contributed by atoms with Crippen LogP contribution in [0.2, 0.25) is 0 Å². The van der Waals surface area contributed by atoms with E-state index in [1.165, 1.54) is 0 Å². The van der Waals surface area contributed by atoms with Crippen LogP contribution in [0.15, 0.2) is 30.5 Å². The van der Waals surface area contributed by atoms with Gasteiger partial charge in [-0.05, 0) is 44.2 Å². The number of likely N-dealkylation sites (N-methyl/N-ethyl adjacent to an activating group) is 1. The first-order chi connectivity index (χ1) is 14.7. The average Bonchev–Trinajstić information content (AvgIpc) is 3.43. The number of nitrogens with zero attached hydrogens (tertiary/aromatic N) is 4. The zero-order valence-corrected chi connectivity index (χ0v) is 18.1. The van der Waals surface area contributed by atoms with E-state index in [-0.39, 0.29) is 17.7 Å². The van der Waals surface area contributed by atoms with Gasteiger partial charge in [0.25, 0.3) is 5.91 Å². The lowest BCUT2D eigenvalue weighted by molar-refractivity contribution is -0.139. The molecule has 1 aromatic heterocycles. The highest BCUT2D eigenvalue weighted by molar-refractivity contribution is 5.99. The van der Waals surface area contributed by atoms with Gasteiger partial charge in [-0.3, -0.25) is 9.59 Å². The number of carbonyl (C=O) groups excluding carboxylic acids is 2. The molecule has 1 aromatic carbocycles. The maximum Gasteiger partial charge on any atom is 0.254 e. The Morgan fingerprint density at radius 2 is 2.13 bits per heavy atom. The van der Waals surface area contributed by atoms with Crippen LogP contribution < -0.4 is 5.73 Å². The first-order valence-electron chi connectivity index (χ1n) is 10.7. The second-order valence-electron chi connectivity index (χ2n) is 8.61. The molecule has 1 saturated carbocycles. The van der Waals surface area contributed by atoms with E-state index in [0.29, 0.717) is 55.1 Å². The zero-order valence-electron chi connectivity index (χ0n) is 18.1. The molecule has 2 N–H and O–H groups in total. The summed E-state index contributed by atoms with van der Waals surface area (Å²) in [6.07, 6.45) is 2.84. The fourth-order valence-electron chi connectivity index (χ4n) is 4.34. The molecule has 8 heteroatoms. The molecule has 164 valence electrons. The highest BCUT2D eigenvalue weighted by Gasteiger charge is 2.56. The molecule has 0 spiro atoms. The second kappa shape index (κ2) is 7.90. The summed E-state index contributed by atoms with van der Waals surface area (Å²) >= 11 is 0. The number of aryl methyl sites for hydroxylation is 1. The predicted octanol–water partition coefficient (Wildman–Crippen LogP) is 2.85. The molecule has 0 radical (unpaired) electrons. The van der Waals surface area contributed by atoms with Crippen LogP contribution in [0, 0.1) is 12.8 Å². The van der Waals surface area contributed by atoms with Gasteiger partial charge in [-0.25, -0.2) is 14.4 Å². The molecule has 2 heterocycles. The Balaban J connectivity index is 1.59. The van der Waals surface area contributed by atoms with Crippen molar-refractivity contribution < 1.29 is 14.0 Å². The molecule has 1 aliphatic carbocycles. The summed E-state index contributed by atoms with van der Waals surface area (Å²) in [4.78, 5) is 38.1. The molecule has 1 aliphatic heterocycles. The lowest BCUT2D eigenvalue weighted by atomic mass is 10.00. The van der Waals surface area contributed by atoms with E-state index in [4.69, 9.17) is 5.73 Å². The summed E-state index contributed by atoms with van der Waals surface area (Å²) in [6.45, 7) is 4.49. The Hall–Kier alpha value is -3.03. The number of carbonyl (C=O) groups is 2. The first-order valence-corrected chi connectivity index (χ1v) is 10.7. The number of piperazine rings is 1. The van der Waals surface area contributed by atoms with Gasteiger partial charge in [0.15, 0.2) is 0 Å². The van der Waals surface area contributed by atoms with Crippen molar-refractivity contribution in [3.05, 3.63) is 41.7 Å². The van der Waals surface area contributed by atoms with Crippen molar-refractivity contribution in [1.82, 2.24) is 19.8 Å². The van der Waals surface area contributed by atoms with Gasteiger partial charge in [0, 0.05) is 31.3 Å². The van der Waals surface area contributed by atoms with Crippen molar-refractivity contribution in [2.45, 2.75) is 44.8 Å². The van der Waals surface area contributed by atoms with Crippen LogP contribution in [-0.2, 0) is 4.79 Å². The number of amides is 2. The predicted molar refractivity (Wildman–Crippen MR) is 116 cm³/mol. The fourth-order valence-corrected chi connectivity index (χ4v) is 4.34. The second-order valence-corrected chi connectivity index (χ2v) is 8.61. The summed E-state index contributed by atoms with van der Waals surface area (Å²) in [5.41, 5.74) is 7.01. The van der Waals surface area contributed by atoms with Gasteiger partial charge in [-0.2, -0.15) is 0 Å². The quantitative estimate of drug-likeness (QED) is 0.795. The number of nitrogen functional groups attached to an aromatic ring is 1. The monoisotopic (exact) mass is 425 g/mol. The highest BCUT2D eigenvalue weighted by atomic mass is 19.1. The van der Waals surface area contributed by atoms with E-state index in [1.807, 2.05) is 13.0 Å². The molecule has 7 nitrogen and oxygen atoms in total. The highest BCUT2D eigenvalue weighted by Crippen LogP contribution is 2.52. The smallest absolute Gasteiger partial charge is 0.254 e. The van der Waals surface area contributed by atoms with Crippen molar-refractivity contribution in [3.8, 4) is 11.3 Å². The molecule has 2 aromatic rings. The molecular weight excluding hydrogens is 397 g/mol. The van der Waals surface area contributed by atoms with E-state index >= 15 is 0 Å². The molecule has 31 heavy (non-hydrogen) atoms. The van der Waals surface area contributed by atoms with Crippen molar-refractivity contribution >= 4 is 17.6 Å². The van der Waals surface area contributed by atoms with Crippen LogP contribution in [0.25, 0.3) is 11.3 Å². The molecule has 2 amide bonds. The lowest BCUT2D eigenvalue weighted by Crippen LogP contribution is -2.57. The lowest BCUT2D eigenvalue weighted by Gasteiger charge is -2.39. The van der Waals surface area contributed by atoms with Crippen LogP contribution in [0.4, 0.5) is 10.2 Å². The third kappa shape index (κ3) is 3.98. The largest absolute Gasteiger partial charge is 0.382 e. The van der Waals surface area contributed by atoms with Crippen LogP contribution >= 0.6 is 0 Å². The normalized spacial score (nSPS) is 25.6. The number of hydrogen-bond acceptors (Lipinski definition) is 5. The van der Waals surface area contributed by atoms with Crippen molar-refractivity contribution in [3.63, 3.8) is 0 Å². The third-order valence-corrected chi connectivity index (χ3v) is 6.62. The minimum Gasteiger partial charge on any atom is -0.382 e. The van der Waals surface area contributed by atoms with E-state index in [2.05, 4.69) is 9.97 Å². The maximum absolute atomic E-state index is 14.6. The number of nitrogens with two attached hydrogens (primary N) is 1. The summed E-state index contributed by atoms with van der Waals surface area (Å²) in [7, 11) is 1.73. The number of anilines is 1. The molecule has 4 rings (SSSR count). The molecular formula is C23H28FN5O2. The fraction of sp³-hybridized carbons (Fsp3) is 0.478. The first kappa shape index (κ1) is 21.2. The van der Waals surface area contributed by atoms with E-state index in [0.717, 1.165) is 5.56 Å². The Labute approximate surface area is 181 Å². The van der Waals surface area contributed by atoms with E-state index in [1.54, 1.807) is 48.2 Å². The molecule has 1 saturated heterocycles. The van der Waals surface area contributed by atoms with Gasteiger partial charge in [-0.15, -0.1) is 0 Å². The molecule has 3 atom stereocenters. The van der Waals surface area contributed by atoms with Crippen molar-refractivity contribution in [2.24, 2.45) is 5.92 Å². The number of aromatic nitrogens is 2. The number of rotatable bonds is 5. The average molecular weight is 426 g/mol. The third-order valence-electron chi connectivity index (χ3n) is 6.62. The Kier molecular flexibility index (Phi) is 5.41. The van der Waals surface area contributed by atoms with Gasteiger partial charge in [0.05, 0.1) is 17.6 Å². The Morgan fingerprint density at radius 1 is 1.35 bits per heavy atom. The molecule has 3 unspecified atom stereocenters. The number of halogens is 1. The van der Waals surface area contributed by atoms with Crippen LogP contribution in [0.1, 0.15) is 42.2 Å². The number of benzene rings is 1. The van der Waals surface area contributed by atoms with Crippen LogP contribution in [0.5, 0.6) is 0 Å². The van der Waals surface area contributed by atoms with E-state index in [9.17, 15) is 14.0 Å². The van der Waals surface area contributed by atoms with Crippen LogP contribution in [-0.4, -0.2) is 63.4 Å². The molecule has 2 aliphatic rings. The minimum absolute atomic E-state index is 0.124. The van der Waals surface area contributed by atoms with E-state index < -0.39 is 11.7 Å². The minimum atomic E-state index is -1.20. The Morgan fingerprint density at radius 3 is 2.81 bits per heavy atom. The number of alkyl halides is 1. The van der Waals surface area contributed by atoms with Gasteiger partial charge in [0.1, 0.15) is 17.5 Å². The van der Waals surface area contributed by atoms with Crippen molar-refractivity contribution in [2.75, 3.05) is 25.9 Å². The number of hydrogen-bond donors (Lipinski definition) is 1. The summed E-state index contributed by atoms with van der Waals surface area (Å²) in [5, 5.41) is 0. The van der Waals surface area contributed by atoms with Gasteiger partial charge in [0.2, 0.25) is 5.91 Å². The molecule has 2 fully saturated rings. The zero-order chi connectivity index (χ0) is 22.3. The topological polar surface area (TPSA) is 92.4 Å². The molecule has 0 bridgehead atoms. The van der Waals surface area contributed by atoms with Crippen molar-refractivity contribution in [1.29, 1.82) is 0 Å². The van der Waals surface area contributed by atoms with Gasteiger partial charge < -0.3 is 15.5 Å². The summed E-state index contributed by atoms with van der Waals surface area (Å²) in [5.74, 6) is -0.158. The summed E-state index contributed by atoms with van der Waals surface area (Å²) < 4.78 is 14.6. The summed E-state index contributed by atoms with van der Waals surface area (Å²) in [6, 6.07) is 6.48. The van der Waals surface area contributed by atoms with Gasteiger partial charge >= 0.3 is 0 Å². The van der Waals surface area contributed by atoms with Gasteiger partial charge in [-0.1, -0.05) is 19.1 Å². The maximum atomic E-state index is 14.6. The van der Waals surface area contributed by atoms with Crippen LogP contribution in [0.3, 0.4) is 0 Å². The standard InChI is InChI=1S/C23H28FN5O2/c1-4-23(24)12-17(23)11-19-22(31)28(3)8-9-29(19)21(30)16-7-5-6-15(10-16)18-13-26-20(25)14(2)27-18/h5-7,10,13,17,19H,4,8-9,11-12H2,1-3H3,(H2,25,26). The Bertz CT molecular complexity index is 1030. The SMILES string of the molecule is CCC1(F)CC1CC1C(=O)N(C)CCN1C(=O)c1cccc(-c2cnc(N)c(C)n2)c1.